The lowest BCUT2D eigenvalue weighted by Crippen LogP contribution is -2.24. The van der Waals surface area contributed by atoms with Crippen LogP contribution >= 0.6 is 15.9 Å². The van der Waals surface area contributed by atoms with Gasteiger partial charge in [0.05, 0.1) is 6.61 Å². The lowest BCUT2D eigenvalue weighted by atomic mass is 10.1. The average Bonchev–Trinajstić information content (AvgIpc) is 3.10. The molecular weight excluding hydrogens is 290 g/mol. The summed E-state index contributed by atoms with van der Waals surface area (Å²) in [6.07, 6.45) is 5.13. The third-order valence-corrected chi connectivity index (χ3v) is 4.64. The zero-order valence-corrected chi connectivity index (χ0v) is 12.2. The van der Waals surface area contributed by atoms with E-state index in [0.717, 1.165) is 25.7 Å². The Balaban J connectivity index is 1.45. The van der Waals surface area contributed by atoms with E-state index < -0.39 is 0 Å². The molecule has 0 aliphatic heterocycles. The number of ether oxygens (including phenoxy) is 1. The van der Waals surface area contributed by atoms with Crippen molar-refractivity contribution in [3.63, 3.8) is 0 Å². The Labute approximate surface area is 117 Å². The highest BCUT2D eigenvalue weighted by molar-refractivity contribution is 9.10. The smallest absolute Gasteiger partial charge is 0.0591 e. The van der Waals surface area contributed by atoms with Crippen molar-refractivity contribution < 1.29 is 4.74 Å². The van der Waals surface area contributed by atoms with E-state index >= 15 is 0 Å². The van der Waals surface area contributed by atoms with E-state index in [9.17, 15) is 0 Å². The Morgan fingerprint density at radius 1 is 1.28 bits per heavy atom. The van der Waals surface area contributed by atoms with E-state index in [0.29, 0.717) is 6.04 Å². The Hall–Kier alpha value is -0.380. The molecule has 1 N–H and O–H groups in total. The molecule has 2 nitrogen and oxygen atoms in total. The molecule has 0 bridgehead atoms. The second kappa shape index (κ2) is 5.72. The lowest BCUT2D eigenvalue weighted by molar-refractivity contribution is 0.124. The van der Waals surface area contributed by atoms with Crippen LogP contribution in [0.25, 0.3) is 0 Å². The van der Waals surface area contributed by atoms with Crippen molar-refractivity contribution in [3.05, 3.63) is 33.8 Å². The van der Waals surface area contributed by atoms with Crippen LogP contribution in [0.15, 0.2) is 22.7 Å². The predicted molar refractivity (Wildman–Crippen MR) is 76.7 cm³/mol. The molecule has 0 amide bonds. The van der Waals surface area contributed by atoms with E-state index in [1.165, 1.54) is 41.3 Å². The molecule has 0 saturated heterocycles. The number of nitrogens with one attached hydrogen (secondary N) is 1. The van der Waals surface area contributed by atoms with E-state index in [-0.39, 0.29) is 0 Å². The standard InChI is InChI=1S/C15H20BrNO/c16-14-3-1-2-13-12(14)6-7-15(13)17-8-9-18-10-11-4-5-11/h1-3,11,15,17H,4-10H2. The molecule has 1 fully saturated rings. The van der Waals surface area contributed by atoms with Crippen LogP contribution in [0.5, 0.6) is 0 Å². The minimum Gasteiger partial charge on any atom is -0.380 e. The summed E-state index contributed by atoms with van der Waals surface area (Å²) in [6, 6.07) is 7.03. The fourth-order valence-corrected chi connectivity index (χ4v) is 3.24. The van der Waals surface area contributed by atoms with Crippen LogP contribution in [-0.4, -0.2) is 19.8 Å². The first-order valence-corrected chi connectivity index (χ1v) is 7.72. The fourth-order valence-electron chi connectivity index (χ4n) is 2.66. The maximum absolute atomic E-state index is 5.66. The molecule has 0 radical (unpaired) electrons. The zero-order chi connectivity index (χ0) is 12.4. The van der Waals surface area contributed by atoms with Crippen molar-refractivity contribution in [2.24, 2.45) is 5.92 Å². The number of hydrogen-bond acceptors (Lipinski definition) is 2. The summed E-state index contributed by atoms with van der Waals surface area (Å²) >= 11 is 3.64. The van der Waals surface area contributed by atoms with Gasteiger partial charge >= 0.3 is 0 Å². The largest absolute Gasteiger partial charge is 0.380 e. The first-order valence-electron chi connectivity index (χ1n) is 6.93. The number of halogens is 1. The van der Waals surface area contributed by atoms with Gasteiger partial charge in [-0.2, -0.15) is 0 Å². The lowest BCUT2D eigenvalue weighted by Gasteiger charge is -2.14. The molecule has 3 rings (SSSR count). The van der Waals surface area contributed by atoms with Crippen LogP contribution in [0.4, 0.5) is 0 Å². The minimum absolute atomic E-state index is 0.516. The molecule has 18 heavy (non-hydrogen) atoms. The SMILES string of the molecule is Brc1cccc2c1CCC2NCCOCC1CC1. The van der Waals surface area contributed by atoms with Crippen molar-refractivity contribution in [1.82, 2.24) is 5.32 Å². The van der Waals surface area contributed by atoms with Gasteiger partial charge in [-0.3, -0.25) is 0 Å². The summed E-state index contributed by atoms with van der Waals surface area (Å²) in [5.74, 6) is 0.869. The van der Waals surface area contributed by atoms with Gasteiger partial charge in [-0.15, -0.1) is 0 Å². The topological polar surface area (TPSA) is 21.3 Å². The molecule has 3 heteroatoms. The molecule has 0 spiro atoms. The highest BCUT2D eigenvalue weighted by Gasteiger charge is 2.23. The van der Waals surface area contributed by atoms with E-state index in [1.807, 2.05) is 0 Å². The summed E-state index contributed by atoms with van der Waals surface area (Å²) < 4.78 is 6.92. The molecular formula is C15H20BrNO. The summed E-state index contributed by atoms with van der Waals surface area (Å²) in [7, 11) is 0. The maximum Gasteiger partial charge on any atom is 0.0591 e. The summed E-state index contributed by atoms with van der Waals surface area (Å²) in [5, 5.41) is 3.61. The first kappa shape index (κ1) is 12.6. The van der Waals surface area contributed by atoms with Gasteiger partial charge in [0.25, 0.3) is 0 Å². The monoisotopic (exact) mass is 309 g/mol. The van der Waals surface area contributed by atoms with Crippen molar-refractivity contribution >= 4 is 15.9 Å². The Kier molecular flexibility index (Phi) is 4.02. The van der Waals surface area contributed by atoms with Crippen LogP contribution in [0.3, 0.4) is 0 Å². The van der Waals surface area contributed by atoms with Crippen molar-refractivity contribution in [2.75, 3.05) is 19.8 Å². The molecule has 2 aliphatic carbocycles. The number of rotatable bonds is 6. The van der Waals surface area contributed by atoms with Gasteiger partial charge in [0.1, 0.15) is 0 Å². The van der Waals surface area contributed by atoms with Gasteiger partial charge in [0.2, 0.25) is 0 Å². The van der Waals surface area contributed by atoms with Gasteiger partial charge in [0, 0.05) is 23.7 Å². The van der Waals surface area contributed by atoms with Gasteiger partial charge in [-0.05, 0) is 48.8 Å². The van der Waals surface area contributed by atoms with Crippen LogP contribution < -0.4 is 5.32 Å². The maximum atomic E-state index is 5.66. The summed E-state index contributed by atoms with van der Waals surface area (Å²) in [6.45, 7) is 2.77. The first-order chi connectivity index (χ1) is 8.84. The van der Waals surface area contributed by atoms with Crippen LogP contribution in [0.2, 0.25) is 0 Å². The van der Waals surface area contributed by atoms with Crippen molar-refractivity contribution in [2.45, 2.75) is 31.7 Å². The highest BCUT2D eigenvalue weighted by atomic mass is 79.9. The van der Waals surface area contributed by atoms with E-state index in [1.54, 1.807) is 0 Å². The quantitative estimate of drug-likeness (QED) is 0.813. The van der Waals surface area contributed by atoms with Gasteiger partial charge in [0.15, 0.2) is 0 Å². The number of benzene rings is 1. The molecule has 98 valence electrons. The van der Waals surface area contributed by atoms with Gasteiger partial charge in [-0.25, -0.2) is 0 Å². The van der Waals surface area contributed by atoms with Crippen LogP contribution in [0.1, 0.15) is 36.4 Å². The number of hydrogen-bond donors (Lipinski definition) is 1. The second-order valence-electron chi connectivity index (χ2n) is 5.37. The average molecular weight is 310 g/mol. The van der Waals surface area contributed by atoms with Crippen LogP contribution in [0, 0.1) is 5.92 Å². The third kappa shape index (κ3) is 2.95. The molecule has 0 heterocycles. The molecule has 1 atom stereocenters. The molecule has 2 aliphatic rings. The zero-order valence-electron chi connectivity index (χ0n) is 10.6. The molecule has 0 aromatic heterocycles. The number of fused-ring (bicyclic) bond motifs is 1. The third-order valence-electron chi connectivity index (χ3n) is 3.90. The predicted octanol–water partition coefficient (Wildman–Crippen LogP) is 3.45. The van der Waals surface area contributed by atoms with Crippen molar-refractivity contribution in [3.8, 4) is 0 Å². The molecule has 1 unspecified atom stereocenters. The Bertz CT molecular complexity index is 417. The van der Waals surface area contributed by atoms with Crippen LogP contribution in [-0.2, 0) is 11.2 Å². The Morgan fingerprint density at radius 3 is 3.00 bits per heavy atom. The van der Waals surface area contributed by atoms with Crippen molar-refractivity contribution in [1.29, 1.82) is 0 Å². The molecule has 1 aromatic rings. The summed E-state index contributed by atoms with van der Waals surface area (Å²) in [5.41, 5.74) is 2.94. The normalized spacial score (nSPS) is 22.2. The fraction of sp³-hybridized carbons (Fsp3) is 0.600. The Morgan fingerprint density at radius 2 is 2.17 bits per heavy atom. The molecule has 1 saturated carbocycles. The minimum atomic E-state index is 0.516. The van der Waals surface area contributed by atoms with E-state index in [4.69, 9.17) is 4.74 Å². The highest BCUT2D eigenvalue weighted by Crippen LogP contribution is 2.35. The second-order valence-corrected chi connectivity index (χ2v) is 6.23. The summed E-state index contributed by atoms with van der Waals surface area (Å²) in [4.78, 5) is 0. The van der Waals surface area contributed by atoms with E-state index in [2.05, 4.69) is 39.4 Å². The molecule has 1 aromatic carbocycles. The van der Waals surface area contributed by atoms with Gasteiger partial charge in [-0.1, -0.05) is 28.1 Å². The van der Waals surface area contributed by atoms with Gasteiger partial charge < -0.3 is 10.1 Å².